The van der Waals surface area contributed by atoms with Gasteiger partial charge in [-0.2, -0.15) is 13.2 Å². The topological polar surface area (TPSA) is 42.2 Å². The summed E-state index contributed by atoms with van der Waals surface area (Å²) >= 11 is 3.25. The standard InChI is InChI=1S/C13H8BrF3N4/c14-10-7-21-5-4-18-12(21)11(20-10)19-9-3-1-2-8(6-9)13(15,16)17/h1-7H,(H,19,20). The van der Waals surface area contributed by atoms with Crippen LogP contribution in [0.1, 0.15) is 5.56 Å². The summed E-state index contributed by atoms with van der Waals surface area (Å²) in [7, 11) is 0. The van der Waals surface area contributed by atoms with E-state index in [1.165, 1.54) is 12.1 Å². The molecule has 108 valence electrons. The van der Waals surface area contributed by atoms with Crippen LogP contribution in [0.3, 0.4) is 0 Å². The molecule has 0 atom stereocenters. The van der Waals surface area contributed by atoms with Crippen molar-refractivity contribution >= 4 is 33.1 Å². The number of nitrogens with zero attached hydrogens (tertiary/aromatic N) is 3. The number of anilines is 2. The third kappa shape index (κ3) is 2.85. The van der Waals surface area contributed by atoms with Crippen LogP contribution in [0.25, 0.3) is 5.65 Å². The van der Waals surface area contributed by atoms with Gasteiger partial charge in [-0.15, -0.1) is 0 Å². The molecule has 1 N–H and O–H groups in total. The maximum absolute atomic E-state index is 12.7. The molecular weight excluding hydrogens is 349 g/mol. The lowest BCUT2D eigenvalue weighted by atomic mass is 10.2. The van der Waals surface area contributed by atoms with Gasteiger partial charge in [0.05, 0.1) is 5.56 Å². The number of benzene rings is 1. The third-order valence-electron chi connectivity index (χ3n) is 2.80. The number of alkyl halides is 3. The van der Waals surface area contributed by atoms with Gasteiger partial charge < -0.3 is 9.72 Å². The van der Waals surface area contributed by atoms with Crippen LogP contribution in [-0.4, -0.2) is 14.4 Å². The van der Waals surface area contributed by atoms with Gasteiger partial charge in [-0.25, -0.2) is 9.97 Å². The highest BCUT2D eigenvalue weighted by Crippen LogP contribution is 2.31. The van der Waals surface area contributed by atoms with Crippen LogP contribution in [0.2, 0.25) is 0 Å². The fourth-order valence-corrected chi connectivity index (χ4v) is 2.29. The van der Waals surface area contributed by atoms with E-state index in [1.807, 2.05) is 0 Å². The van der Waals surface area contributed by atoms with Crippen molar-refractivity contribution in [3.05, 3.63) is 53.0 Å². The van der Waals surface area contributed by atoms with Crippen LogP contribution in [0, 0.1) is 0 Å². The largest absolute Gasteiger partial charge is 0.416 e. The average molecular weight is 357 g/mol. The highest BCUT2D eigenvalue weighted by Gasteiger charge is 2.30. The van der Waals surface area contributed by atoms with Crippen LogP contribution < -0.4 is 5.32 Å². The summed E-state index contributed by atoms with van der Waals surface area (Å²) in [5.41, 5.74) is 0.0952. The molecule has 8 heteroatoms. The van der Waals surface area contributed by atoms with E-state index in [2.05, 4.69) is 31.2 Å². The maximum atomic E-state index is 12.7. The van der Waals surface area contributed by atoms with E-state index < -0.39 is 11.7 Å². The van der Waals surface area contributed by atoms with Gasteiger partial charge in [-0.05, 0) is 34.1 Å². The van der Waals surface area contributed by atoms with Crippen molar-refractivity contribution in [3.8, 4) is 0 Å². The molecule has 0 aliphatic rings. The molecule has 0 aliphatic carbocycles. The summed E-state index contributed by atoms with van der Waals surface area (Å²) < 4.78 is 40.4. The molecule has 4 nitrogen and oxygen atoms in total. The van der Waals surface area contributed by atoms with Crippen molar-refractivity contribution in [2.24, 2.45) is 0 Å². The highest BCUT2D eigenvalue weighted by molar-refractivity contribution is 9.10. The summed E-state index contributed by atoms with van der Waals surface area (Å²) in [5.74, 6) is 0.369. The molecule has 0 unspecified atom stereocenters. The molecule has 0 aliphatic heterocycles. The quantitative estimate of drug-likeness (QED) is 0.746. The minimum absolute atomic E-state index is 0.292. The molecule has 3 rings (SSSR count). The first kappa shape index (κ1) is 13.9. The lowest BCUT2D eigenvalue weighted by Gasteiger charge is -2.11. The van der Waals surface area contributed by atoms with Crippen molar-refractivity contribution < 1.29 is 13.2 Å². The molecule has 3 aromatic rings. The van der Waals surface area contributed by atoms with Crippen LogP contribution in [0.4, 0.5) is 24.7 Å². The van der Waals surface area contributed by atoms with Crippen molar-refractivity contribution in [3.63, 3.8) is 0 Å². The van der Waals surface area contributed by atoms with Crippen molar-refractivity contribution in [1.82, 2.24) is 14.4 Å². The summed E-state index contributed by atoms with van der Waals surface area (Å²) in [4.78, 5) is 8.32. The molecular formula is C13H8BrF3N4. The number of imidazole rings is 1. The summed E-state index contributed by atoms with van der Waals surface area (Å²) in [6.07, 6.45) is 0.629. The predicted octanol–water partition coefficient (Wildman–Crippen LogP) is 4.25. The molecule has 0 radical (unpaired) electrons. The Morgan fingerprint density at radius 2 is 2.05 bits per heavy atom. The van der Waals surface area contributed by atoms with Gasteiger partial charge >= 0.3 is 6.18 Å². The van der Waals surface area contributed by atoms with Crippen LogP contribution in [0.15, 0.2) is 47.5 Å². The normalized spacial score (nSPS) is 11.8. The molecule has 0 bridgehead atoms. The van der Waals surface area contributed by atoms with Crippen LogP contribution in [0.5, 0.6) is 0 Å². The van der Waals surface area contributed by atoms with Crippen LogP contribution in [-0.2, 0) is 6.18 Å². The molecule has 0 saturated carbocycles. The zero-order chi connectivity index (χ0) is 15.0. The molecule has 2 aromatic heterocycles. The number of hydrogen-bond acceptors (Lipinski definition) is 3. The first-order valence-electron chi connectivity index (χ1n) is 5.87. The van der Waals surface area contributed by atoms with Gasteiger partial charge in [-0.3, -0.25) is 0 Å². The first-order chi connectivity index (χ1) is 9.93. The predicted molar refractivity (Wildman–Crippen MR) is 75.4 cm³/mol. The van der Waals surface area contributed by atoms with E-state index in [4.69, 9.17) is 0 Å². The SMILES string of the molecule is FC(F)(F)c1cccc(Nc2nc(Br)cn3ccnc23)c1. The summed E-state index contributed by atoms with van der Waals surface area (Å²) in [6, 6.07) is 4.93. The van der Waals surface area contributed by atoms with Crippen molar-refractivity contribution in [1.29, 1.82) is 0 Å². The van der Waals surface area contributed by atoms with E-state index in [0.717, 1.165) is 12.1 Å². The zero-order valence-electron chi connectivity index (χ0n) is 10.4. The third-order valence-corrected chi connectivity index (χ3v) is 3.18. The molecule has 0 saturated heterocycles. The van der Waals surface area contributed by atoms with Crippen molar-refractivity contribution in [2.45, 2.75) is 6.18 Å². The van der Waals surface area contributed by atoms with Gasteiger partial charge in [0.25, 0.3) is 0 Å². The zero-order valence-corrected chi connectivity index (χ0v) is 12.0. The summed E-state index contributed by atoms with van der Waals surface area (Å²) in [5, 5.41) is 2.86. The number of fused-ring (bicyclic) bond motifs is 1. The second-order valence-electron chi connectivity index (χ2n) is 4.27. The molecule has 2 heterocycles. The summed E-state index contributed by atoms with van der Waals surface area (Å²) in [6.45, 7) is 0. The minimum Gasteiger partial charge on any atom is -0.337 e. The molecule has 1 aromatic carbocycles. The van der Waals surface area contributed by atoms with Crippen molar-refractivity contribution in [2.75, 3.05) is 5.32 Å². The lowest BCUT2D eigenvalue weighted by molar-refractivity contribution is -0.137. The Kier molecular flexibility index (Phi) is 3.32. The van der Waals surface area contributed by atoms with Gasteiger partial charge in [0.1, 0.15) is 4.60 Å². The van der Waals surface area contributed by atoms with E-state index in [9.17, 15) is 13.2 Å². The van der Waals surface area contributed by atoms with E-state index in [-0.39, 0.29) is 0 Å². The highest BCUT2D eigenvalue weighted by atomic mass is 79.9. The van der Waals surface area contributed by atoms with E-state index in [0.29, 0.717) is 21.8 Å². The number of halogens is 4. The van der Waals surface area contributed by atoms with E-state index >= 15 is 0 Å². The Labute approximate surface area is 125 Å². The Bertz CT molecular complexity index is 797. The average Bonchev–Trinajstić information content (AvgIpc) is 2.86. The second kappa shape index (κ2) is 5.03. The van der Waals surface area contributed by atoms with Gasteiger partial charge in [0.15, 0.2) is 11.5 Å². The van der Waals surface area contributed by atoms with Gasteiger partial charge in [0.2, 0.25) is 0 Å². The van der Waals surface area contributed by atoms with Gasteiger partial charge in [0, 0.05) is 24.3 Å². The van der Waals surface area contributed by atoms with Crippen LogP contribution >= 0.6 is 15.9 Å². The number of hydrogen-bond donors (Lipinski definition) is 1. The second-order valence-corrected chi connectivity index (χ2v) is 5.09. The number of aromatic nitrogens is 3. The smallest absolute Gasteiger partial charge is 0.337 e. The fraction of sp³-hybridized carbons (Fsp3) is 0.0769. The Morgan fingerprint density at radius 1 is 1.24 bits per heavy atom. The molecule has 0 spiro atoms. The monoisotopic (exact) mass is 356 g/mol. The molecule has 0 fully saturated rings. The Morgan fingerprint density at radius 3 is 2.81 bits per heavy atom. The number of nitrogens with one attached hydrogen (secondary N) is 1. The minimum atomic E-state index is -4.38. The lowest BCUT2D eigenvalue weighted by Crippen LogP contribution is -2.05. The Balaban J connectivity index is 2.01. The molecule has 0 amide bonds. The van der Waals surface area contributed by atoms with E-state index in [1.54, 1.807) is 23.0 Å². The first-order valence-corrected chi connectivity index (χ1v) is 6.66. The van der Waals surface area contributed by atoms with Gasteiger partial charge in [-0.1, -0.05) is 6.07 Å². The Hall–Kier alpha value is -2.09. The number of rotatable bonds is 2. The fourth-order valence-electron chi connectivity index (χ4n) is 1.89. The molecule has 21 heavy (non-hydrogen) atoms. The maximum Gasteiger partial charge on any atom is 0.416 e.